The zero-order valence-corrected chi connectivity index (χ0v) is 13.5. The van der Waals surface area contributed by atoms with E-state index < -0.39 is 17.8 Å². The summed E-state index contributed by atoms with van der Waals surface area (Å²) in [6.45, 7) is 0. The molecule has 0 spiro atoms. The number of imide groups is 1. The van der Waals surface area contributed by atoms with Gasteiger partial charge in [0.05, 0.1) is 28.9 Å². The molecule has 0 atom stereocenters. The van der Waals surface area contributed by atoms with Crippen molar-refractivity contribution >= 4 is 17.8 Å². The van der Waals surface area contributed by atoms with Crippen molar-refractivity contribution in [2.75, 3.05) is 0 Å². The summed E-state index contributed by atoms with van der Waals surface area (Å²) in [7, 11) is 0. The van der Waals surface area contributed by atoms with E-state index in [1.54, 1.807) is 29.1 Å². The maximum atomic E-state index is 12.2. The van der Waals surface area contributed by atoms with Crippen LogP contribution in [0, 0.1) is 0 Å². The van der Waals surface area contributed by atoms with E-state index in [0.717, 1.165) is 5.69 Å². The fourth-order valence-corrected chi connectivity index (χ4v) is 2.71. The number of benzene rings is 2. The van der Waals surface area contributed by atoms with E-state index in [4.69, 9.17) is 4.84 Å². The molecule has 128 valence electrons. The molecule has 26 heavy (non-hydrogen) atoms. The number of para-hydroxylation sites is 1. The van der Waals surface area contributed by atoms with Crippen LogP contribution in [0.25, 0.3) is 5.69 Å². The minimum absolute atomic E-state index is 0.159. The third-order valence-corrected chi connectivity index (χ3v) is 3.94. The van der Waals surface area contributed by atoms with Crippen LogP contribution in [0.4, 0.5) is 0 Å². The molecule has 1 aliphatic heterocycles. The van der Waals surface area contributed by atoms with Gasteiger partial charge in [0.1, 0.15) is 0 Å². The molecule has 0 saturated carbocycles. The van der Waals surface area contributed by atoms with Crippen LogP contribution in [0.5, 0.6) is 0 Å². The minimum atomic E-state index is -0.738. The fraction of sp³-hybridized carbons (Fsp3) is 0.0526. The lowest BCUT2D eigenvalue weighted by Crippen LogP contribution is -2.33. The molecule has 0 radical (unpaired) electrons. The van der Waals surface area contributed by atoms with Crippen LogP contribution in [0.15, 0.2) is 66.9 Å². The number of carbonyl (C=O) groups excluding carboxylic acids is 3. The number of fused-ring (bicyclic) bond motifs is 1. The smallest absolute Gasteiger partial charge is 0.329 e. The zero-order chi connectivity index (χ0) is 18.1. The summed E-state index contributed by atoms with van der Waals surface area (Å²) in [6.07, 6.45) is 1.56. The van der Waals surface area contributed by atoms with Gasteiger partial charge in [-0.05, 0) is 30.3 Å². The fourth-order valence-electron chi connectivity index (χ4n) is 2.71. The van der Waals surface area contributed by atoms with Crippen LogP contribution in [-0.2, 0) is 16.1 Å². The largest absolute Gasteiger partial charge is 0.339 e. The quantitative estimate of drug-likeness (QED) is 0.676. The van der Waals surface area contributed by atoms with Crippen LogP contribution in [0.1, 0.15) is 26.4 Å². The van der Waals surface area contributed by atoms with Gasteiger partial charge in [-0.3, -0.25) is 9.59 Å². The highest BCUT2D eigenvalue weighted by atomic mass is 16.7. The number of hydrogen-bond donors (Lipinski definition) is 0. The average Bonchev–Trinajstić information content (AvgIpc) is 3.22. The molecule has 2 aromatic carbocycles. The summed E-state index contributed by atoms with van der Waals surface area (Å²) in [5.41, 5.74) is 1.76. The first kappa shape index (κ1) is 15.8. The molecular weight excluding hydrogens is 334 g/mol. The Labute approximate surface area is 148 Å². The van der Waals surface area contributed by atoms with Crippen molar-refractivity contribution in [1.82, 2.24) is 14.8 Å². The van der Waals surface area contributed by atoms with Gasteiger partial charge in [0.2, 0.25) is 0 Å². The summed E-state index contributed by atoms with van der Waals surface area (Å²) in [5, 5.41) is 4.80. The molecule has 2 amide bonds. The summed E-state index contributed by atoms with van der Waals surface area (Å²) in [5.74, 6) is -2.03. The van der Waals surface area contributed by atoms with Crippen LogP contribution in [-0.4, -0.2) is 32.6 Å². The number of rotatable bonds is 4. The molecule has 7 heteroatoms. The second-order valence-electron chi connectivity index (χ2n) is 5.68. The van der Waals surface area contributed by atoms with Crippen LogP contribution in [0.2, 0.25) is 0 Å². The Morgan fingerprint density at radius 2 is 1.50 bits per heavy atom. The van der Waals surface area contributed by atoms with Gasteiger partial charge in [-0.15, -0.1) is 0 Å². The lowest BCUT2D eigenvalue weighted by atomic mass is 10.1. The molecule has 1 aliphatic rings. The highest BCUT2D eigenvalue weighted by Crippen LogP contribution is 2.22. The molecule has 3 aromatic rings. The van der Waals surface area contributed by atoms with Crippen molar-refractivity contribution in [3.63, 3.8) is 0 Å². The molecular formula is C19H13N3O4. The Kier molecular flexibility index (Phi) is 3.81. The third kappa shape index (κ3) is 2.75. The number of aromatic nitrogens is 2. The first-order chi connectivity index (χ1) is 12.6. The standard InChI is InChI=1S/C19H13N3O4/c23-17(12-13-10-11-21(20-13)14-6-2-1-3-7-14)26-22-18(24)15-8-4-5-9-16(15)19(22)25/h1-11H,12H2. The summed E-state index contributed by atoms with van der Waals surface area (Å²) >= 11 is 0. The van der Waals surface area contributed by atoms with Crippen molar-refractivity contribution < 1.29 is 19.2 Å². The van der Waals surface area contributed by atoms with Crippen molar-refractivity contribution in [3.05, 3.63) is 83.7 Å². The molecule has 2 heterocycles. The predicted molar refractivity (Wildman–Crippen MR) is 90.3 cm³/mol. The maximum absolute atomic E-state index is 12.2. The van der Waals surface area contributed by atoms with Gasteiger partial charge in [0.15, 0.2) is 0 Å². The van der Waals surface area contributed by atoms with Gasteiger partial charge >= 0.3 is 5.97 Å². The van der Waals surface area contributed by atoms with Crippen LogP contribution >= 0.6 is 0 Å². The van der Waals surface area contributed by atoms with E-state index >= 15 is 0 Å². The Hall–Kier alpha value is -3.74. The van der Waals surface area contributed by atoms with Gasteiger partial charge in [-0.1, -0.05) is 35.4 Å². The number of hydroxylamine groups is 2. The summed E-state index contributed by atoms with van der Waals surface area (Å²) in [6, 6.07) is 17.4. The Bertz CT molecular complexity index is 975. The van der Waals surface area contributed by atoms with E-state index in [1.807, 2.05) is 30.3 Å². The van der Waals surface area contributed by atoms with E-state index in [0.29, 0.717) is 10.8 Å². The molecule has 1 aromatic heterocycles. The second-order valence-corrected chi connectivity index (χ2v) is 5.68. The van der Waals surface area contributed by atoms with Crippen molar-refractivity contribution in [3.8, 4) is 5.69 Å². The molecule has 0 fully saturated rings. The van der Waals surface area contributed by atoms with Gasteiger partial charge in [-0.25, -0.2) is 9.48 Å². The highest BCUT2D eigenvalue weighted by Gasteiger charge is 2.38. The van der Waals surface area contributed by atoms with Crippen molar-refractivity contribution in [2.24, 2.45) is 0 Å². The number of nitrogens with zero attached hydrogens (tertiary/aromatic N) is 3. The van der Waals surface area contributed by atoms with Gasteiger partial charge in [-0.2, -0.15) is 5.10 Å². The molecule has 0 unspecified atom stereocenters. The third-order valence-electron chi connectivity index (χ3n) is 3.94. The zero-order valence-electron chi connectivity index (χ0n) is 13.5. The Morgan fingerprint density at radius 1 is 0.885 bits per heavy atom. The Balaban J connectivity index is 1.45. The van der Waals surface area contributed by atoms with Crippen LogP contribution in [0.3, 0.4) is 0 Å². The lowest BCUT2D eigenvalue weighted by Gasteiger charge is -2.12. The van der Waals surface area contributed by atoms with Crippen molar-refractivity contribution in [2.45, 2.75) is 6.42 Å². The van der Waals surface area contributed by atoms with E-state index in [1.165, 1.54) is 12.1 Å². The van der Waals surface area contributed by atoms with Gasteiger partial charge in [0, 0.05) is 6.20 Å². The molecule has 0 aliphatic carbocycles. The van der Waals surface area contributed by atoms with Gasteiger partial charge in [0.25, 0.3) is 11.8 Å². The highest BCUT2D eigenvalue weighted by molar-refractivity contribution is 6.20. The normalized spacial score (nSPS) is 13.0. The number of amides is 2. The van der Waals surface area contributed by atoms with E-state index in [9.17, 15) is 14.4 Å². The molecule has 0 saturated heterocycles. The van der Waals surface area contributed by atoms with E-state index in [2.05, 4.69) is 5.10 Å². The molecule has 0 bridgehead atoms. The molecule has 0 N–H and O–H groups in total. The predicted octanol–water partition coefficient (Wildman–Crippen LogP) is 2.17. The van der Waals surface area contributed by atoms with Crippen LogP contribution < -0.4 is 0 Å². The lowest BCUT2D eigenvalue weighted by molar-refractivity contribution is -0.167. The summed E-state index contributed by atoms with van der Waals surface area (Å²) in [4.78, 5) is 41.5. The topological polar surface area (TPSA) is 81.5 Å². The number of hydrogen-bond acceptors (Lipinski definition) is 5. The average molecular weight is 347 g/mol. The van der Waals surface area contributed by atoms with Gasteiger partial charge < -0.3 is 4.84 Å². The molecule has 4 rings (SSSR count). The summed E-state index contributed by atoms with van der Waals surface area (Å²) < 4.78 is 1.63. The SMILES string of the molecule is O=C(Cc1ccn(-c2ccccc2)n1)ON1C(=O)c2ccccc2C1=O. The minimum Gasteiger partial charge on any atom is -0.329 e. The monoisotopic (exact) mass is 347 g/mol. The van der Waals surface area contributed by atoms with Crippen molar-refractivity contribution in [1.29, 1.82) is 0 Å². The first-order valence-corrected chi connectivity index (χ1v) is 7.92. The number of carbonyl (C=O) groups is 3. The maximum Gasteiger partial charge on any atom is 0.339 e. The Morgan fingerprint density at radius 3 is 2.15 bits per heavy atom. The second kappa shape index (κ2) is 6.29. The first-order valence-electron chi connectivity index (χ1n) is 7.92. The van der Waals surface area contributed by atoms with E-state index in [-0.39, 0.29) is 17.5 Å². The molecule has 7 nitrogen and oxygen atoms in total.